The van der Waals surface area contributed by atoms with Gasteiger partial charge in [0.15, 0.2) is 6.04 Å². The Morgan fingerprint density at radius 1 is 1.29 bits per heavy atom. The summed E-state index contributed by atoms with van der Waals surface area (Å²) >= 11 is 0. The van der Waals surface area contributed by atoms with Gasteiger partial charge in [0.25, 0.3) is 5.91 Å². The van der Waals surface area contributed by atoms with Crippen LogP contribution in [0.25, 0.3) is 0 Å². The Bertz CT molecular complexity index is 759. The number of nitrogens with zero attached hydrogens (tertiary/aromatic N) is 1. The van der Waals surface area contributed by atoms with Gasteiger partial charge in [-0.3, -0.25) is 4.79 Å². The first-order chi connectivity index (χ1) is 11.4. The molecule has 2 N–H and O–H groups in total. The van der Waals surface area contributed by atoms with Gasteiger partial charge in [-0.25, -0.2) is 17.9 Å². The van der Waals surface area contributed by atoms with Gasteiger partial charge in [0, 0.05) is 18.2 Å². The average Bonchev–Trinajstić information content (AvgIpc) is 3.37. The SMILES string of the molecule is O=C(O)C1COCCN1C(=O)c1cccc(S(=O)(=O)NC2CC2)c1. The highest BCUT2D eigenvalue weighted by molar-refractivity contribution is 7.89. The monoisotopic (exact) mass is 354 g/mol. The van der Waals surface area contributed by atoms with Crippen LogP contribution in [-0.2, 0) is 19.6 Å². The Labute approximate surface area is 139 Å². The molecule has 1 amide bonds. The van der Waals surface area contributed by atoms with Gasteiger partial charge in [-0.1, -0.05) is 6.07 Å². The molecular formula is C15H18N2O6S. The number of hydrogen-bond donors (Lipinski definition) is 2. The van der Waals surface area contributed by atoms with E-state index in [1.165, 1.54) is 29.2 Å². The summed E-state index contributed by atoms with van der Waals surface area (Å²) in [4.78, 5) is 25.1. The molecule has 3 rings (SSSR count). The molecule has 1 saturated heterocycles. The molecule has 24 heavy (non-hydrogen) atoms. The first kappa shape index (κ1) is 16.9. The lowest BCUT2D eigenvalue weighted by atomic mass is 10.1. The highest BCUT2D eigenvalue weighted by Gasteiger charge is 2.34. The van der Waals surface area contributed by atoms with E-state index in [1.807, 2.05) is 0 Å². The van der Waals surface area contributed by atoms with Crippen molar-refractivity contribution in [1.82, 2.24) is 9.62 Å². The predicted molar refractivity (Wildman–Crippen MR) is 83.1 cm³/mol. The van der Waals surface area contributed by atoms with Gasteiger partial charge in [0.05, 0.1) is 18.1 Å². The summed E-state index contributed by atoms with van der Waals surface area (Å²) in [5, 5.41) is 9.21. The van der Waals surface area contributed by atoms with Gasteiger partial charge in [0.1, 0.15) is 0 Å². The molecule has 2 fully saturated rings. The van der Waals surface area contributed by atoms with Crippen LogP contribution in [0.4, 0.5) is 0 Å². The molecule has 0 spiro atoms. The molecule has 1 unspecified atom stereocenters. The third-order valence-corrected chi connectivity index (χ3v) is 5.48. The van der Waals surface area contributed by atoms with Gasteiger partial charge < -0.3 is 14.7 Å². The van der Waals surface area contributed by atoms with Crippen molar-refractivity contribution in [2.75, 3.05) is 19.8 Å². The highest BCUT2D eigenvalue weighted by atomic mass is 32.2. The van der Waals surface area contributed by atoms with E-state index in [1.54, 1.807) is 0 Å². The number of amides is 1. The number of carbonyl (C=O) groups excluding carboxylic acids is 1. The smallest absolute Gasteiger partial charge is 0.328 e. The molecular weight excluding hydrogens is 336 g/mol. The van der Waals surface area contributed by atoms with Gasteiger partial charge >= 0.3 is 5.97 Å². The van der Waals surface area contributed by atoms with Gasteiger partial charge in [-0.2, -0.15) is 0 Å². The van der Waals surface area contributed by atoms with Crippen molar-refractivity contribution >= 4 is 21.9 Å². The van der Waals surface area contributed by atoms with Gasteiger partial charge in [0.2, 0.25) is 10.0 Å². The Kier molecular flexibility index (Phi) is 4.57. The van der Waals surface area contributed by atoms with E-state index >= 15 is 0 Å². The van der Waals surface area contributed by atoms with Crippen LogP contribution in [-0.4, -0.2) is 62.1 Å². The summed E-state index contributed by atoms with van der Waals surface area (Å²) in [7, 11) is -3.68. The number of carboxylic acid groups (broad SMARTS) is 1. The maximum atomic E-state index is 12.6. The summed E-state index contributed by atoms with van der Waals surface area (Å²) in [5.74, 6) is -1.67. The number of carboxylic acids is 1. The number of nitrogens with one attached hydrogen (secondary N) is 1. The molecule has 1 saturated carbocycles. The van der Waals surface area contributed by atoms with E-state index in [0.717, 1.165) is 12.8 Å². The summed E-state index contributed by atoms with van der Waals surface area (Å²) in [6.07, 6.45) is 1.62. The Hall–Kier alpha value is -1.97. The van der Waals surface area contributed by atoms with Crippen LogP contribution in [0.5, 0.6) is 0 Å². The summed E-state index contributed by atoms with van der Waals surface area (Å²) in [6, 6.07) is 4.54. The van der Waals surface area contributed by atoms with Crippen LogP contribution in [0.15, 0.2) is 29.2 Å². The summed E-state index contributed by atoms with van der Waals surface area (Å²) in [5.41, 5.74) is 0.141. The molecule has 1 aliphatic carbocycles. The third kappa shape index (κ3) is 3.58. The molecule has 9 heteroatoms. The first-order valence-corrected chi connectivity index (χ1v) is 9.11. The molecule has 1 atom stereocenters. The predicted octanol–water partition coefficient (Wildman–Crippen LogP) is 0.0529. The molecule has 0 radical (unpaired) electrons. The molecule has 8 nitrogen and oxygen atoms in total. The topological polar surface area (TPSA) is 113 Å². The first-order valence-electron chi connectivity index (χ1n) is 7.62. The largest absolute Gasteiger partial charge is 0.480 e. The van der Waals surface area contributed by atoms with Crippen LogP contribution in [0, 0.1) is 0 Å². The molecule has 130 valence electrons. The molecule has 2 aliphatic rings. The Morgan fingerprint density at radius 2 is 2.04 bits per heavy atom. The molecule has 1 heterocycles. The quantitative estimate of drug-likeness (QED) is 0.773. The standard InChI is InChI=1S/C15H18N2O6S/c18-14(17-6-7-23-9-13(17)15(19)20)10-2-1-3-12(8-10)24(21,22)16-11-4-5-11/h1-3,8,11,13,16H,4-7,9H2,(H,19,20). The van der Waals surface area contributed by atoms with Crippen molar-refractivity contribution < 1.29 is 27.9 Å². The minimum atomic E-state index is -3.68. The van der Waals surface area contributed by atoms with Gasteiger partial charge in [-0.15, -0.1) is 0 Å². The fraction of sp³-hybridized carbons (Fsp3) is 0.467. The fourth-order valence-corrected chi connectivity index (χ4v) is 3.85. The van der Waals surface area contributed by atoms with E-state index < -0.39 is 27.9 Å². The number of rotatable bonds is 5. The number of carbonyl (C=O) groups is 2. The van der Waals surface area contributed by atoms with E-state index in [4.69, 9.17) is 4.74 Å². The molecule has 1 aromatic rings. The maximum Gasteiger partial charge on any atom is 0.328 e. The van der Waals surface area contributed by atoms with Crippen LogP contribution in [0.3, 0.4) is 0 Å². The maximum absolute atomic E-state index is 12.6. The molecule has 1 aliphatic heterocycles. The number of benzene rings is 1. The second-order valence-electron chi connectivity index (χ2n) is 5.85. The highest BCUT2D eigenvalue weighted by Crippen LogP contribution is 2.23. The zero-order chi connectivity index (χ0) is 17.3. The number of hydrogen-bond acceptors (Lipinski definition) is 5. The lowest BCUT2D eigenvalue weighted by Crippen LogP contribution is -2.52. The normalized spacial score (nSPS) is 21.5. The van der Waals surface area contributed by atoms with Crippen molar-refractivity contribution in [3.63, 3.8) is 0 Å². The number of aliphatic carboxylic acids is 1. The Balaban J connectivity index is 1.84. The second kappa shape index (κ2) is 6.50. The zero-order valence-corrected chi connectivity index (χ0v) is 13.7. The third-order valence-electron chi connectivity index (χ3n) is 3.96. The van der Waals surface area contributed by atoms with Crippen molar-refractivity contribution in [3.05, 3.63) is 29.8 Å². The molecule has 0 aromatic heterocycles. The molecule has 1 aromatic carbocycles. The van der Waals surface area contributed by atoms with Crippen molar-refractivity contribution in [2.24, 2.45) is 0 Å². The Morgan fingerprint density at radius 3 is 2.71 bits per heavy atom. The van der Waals surface area contributed by atoms with Crippen LogP contribution >= 0.6 is 0 Å². The van der Waals surface area contributed by atoms with Crippen LogP contribution in [0.2, 0.25) is 0 Å². The zero-order valence-electron chi connectivity index (χ0n) is 12.8. The number of sulfonamides is 1. The summed E-state index contributed by atoms with van der Waals surface area (Å²) in [6.45, 7) is 0.312. The van der Waals surface area contributed by atoms with Gasteiger partial charge in [-0.05, 0) is 31.0 Å². The van der Waals surface area contributed by atoms with E-state index in [0.29, 0.717) is 0 Å². The van der Waals surface area contributed by atoms with E-state index in [9.17, 15) is 23.1 Å². The fourth-order valence-electron chi connectivity index (χ4n) is 2.50. The lowest BCUT2D eigenvalue weighted by Gasteiger charge is -2.32. The minimum absolute atomic E-state index is 0.000356. The van der Waals surface area contributed by atoms with E-state index in [-0.39, 0.29) is 36.3 Å². The lowest BCUT2D eigenvalue weighted by molar-refractivity contribution is -0.147. The molecule has 0 bridgehead atoms. The van der Waals surface area contributed by atoms with Crippen LogP contribution < -0.4 is 4.72 Å². The van der Waals surface area contributed by atoms with Crippen molar-refractivity contribution in [2.45, 2.75) is 29.8 Å². The number of morpholine rings is 1. The second-order valence-corrected chi connectivity index (χ2v) is 7.56. The van der Waals surface area contributed by atoms with Crippen molar-refractivity contribution in [1.29, 1.82) is 0 Å². The van der Waals surface area contributed by atoms with E-state index in [2.05, 4.69) is 4.72 Å². The minimum Gasteiger partial charge on any atom is -0.480 e. The number of ether oxygens (including phenoxy) is 1. The van der Waals surface area contributed by atoms with Crippen molar-refractivity contribution in [3.8, 4) is 0 Å². The average molecular weight is 354 g/mol. The van der Waals surface area contributed by atoms with Crippen LogP contribution in [0.1, 0.15) is 23.2 Å². The summed E-state index contributed by atoms with van der Waals surface area (Å²) < 4.78 is 32.2.